The normalized spacial score (nSPS) is 10.5. The molecule has 0 unspecified atom stereocenters. The Bertz CT molecular complexity index is 5070. The van der Waals surface area contributed by atoms with Crippen molar-refractivity contribution in [1.82, 2.24) is 39.9 Å². The van der Waals surface area contributed by atoms with Crippen molar-refractivity contribution < 1.29 is 0 Å². The fraction of sp³-hybridized carbons (Fsp3) is 0.182. The lowest BCUT2D eigenvalue weighted by atomic mass is 10.0. The Morgan fingerprint density at radius 1 is 0.198 bits per heavy atom. The Morgan fingerprint density at radius 3 is 1.38 bits per heavy atom. The predicted molar refractivity (Wildman–Crippen MR) is 410 cm³/mol. The van der Waals surface area contributed by atoms with E-state index in [1.165, 1.54) is 132 Å². The van der Waals surface area contributed by atoms with E-state index in [1.807, 2.05) is 86.0 Å². The molecule has 8 heteroatoms. The summed E-state index contributed by atoms with van der Waals surface area (Å²) in [6, 6.07) is 67.0. The second-order valence-electron chi connectivity index (χ2n) is 25.1. The maximum absolute atomic E-state index is 4.38. The number of benzene rings is 8. The van der Waals surface area contributed by atoms with E-state index in [0.717, 1.165) is 44.1 Å². The molecule has 8 heterocycles. The Morgan fingerprint density at radius 2 is 0.667 bits per heavy atom. The van der Waals surface area contributed by atoms with Crippen LogP contribution in [-0.4, -0.2) is 39.9 Å². The average molecular weight is 1260 g/mol. The largest absolute Gasteiger partial charge is 0.256 e. The lowest BCUT2D eigenvalue weighted by molar-refractivity contribution is 1.31. The van der Waals surface area contributed by atoms with Crippen molar-refractivity contribution in [3.63, 3.8) is 0 Å². The SMILES string of the molecule is Cc1cc(C)c2cccnc2c1.Cc1ccc2c(C)ccnc2c1.Cc1ccc2nccc(C)c2c1.Cc1ccc2ncccc2c1C.Cc1cccc2nccc(C)c12.Cc1ccnc2c(C)cccc12.Cc1cnc2c(C)cccc2c1.Cc1cnc2cc(C)ccc2c1. The van der Waals surface area contributed by atoms with Crippen LogP contribution < -0.4 is 0 Å². The molecule has 0 atom stereocenters. The number of para-hydroxylation sites is 2. The Labute approximate surface area is 567 Å². The maximum atomic E-state index is 4.38. The monoisotopic (exact) mass is 1260 g/mol. The van der Waals surface area contributed by atoms with E-state index in [0.29, 0.717) is 0 Å². The van der Waals surface area contributed by atoms with Gasteiger partial charge in [-0.25, -0.2) is 0 Å². The number of fused-ring (bicyclic) bond motifs is 8. The average Bonchev–Trinajstić information content (AvgIpc) is 1.04. The van der Waals surface area contributed by atoms with E-state index in [4.69, 9.17) is 0 Å². The van der Waals surface area contributed by atoms with Gasteiger partial charge in [0, 0.05) is 92.7 Å². The minimum Gasteiger partial charge on any atom is -0.256 e. The van der Waals surface area contributed by atoms with E-state index in [9.17, 15) is 0 Å². The predicted octanol–water partition coefficient (Wildman–Crippen LogP) is 22.8. The first-order chi connectivity index (χ1) is 46.2. The van der Waals surface area contributed by atoms with Gasteiger partial charge in [0.25, 0.3) is 0 Å². The number of aromatic nitrogens is 8. The highest BCUT2D eigenvalue weighted by Crippen LogP contribution is 2.24. The van der Waals surface area contributed by atoms with Crippen molar-refractivity contribution in [3.8, 4) is 0 Å². The summed E-state index contributed by atoms with van der Waals surface area (Å²) in [7, 11) is 0. The number of rotatable bonds is 0. The minimum atomic E-state index is 1.08. The molecule has 480 valence electrons. The van der Waals surface area contributed by atoms with Gasteiger partial charge in [-0.15, -0.1) is 0 Å². The van der Waals surface area contributed by atoms with Gasteiger partial charge in [0.15, 0.2) is 0 Å². The summed E-state index contributed by atoms with van der Waals surface area (Å²) in [5.41, 5.74) is 29.2. The van der Waals surface area contributed by atoms with Gasteiger partial charge in [-0.1, -0.05) is 109 Å². The first-order valence-electron chi connectivity index (χ1n) is 32.7. The van der Waals surface area contributed by atoms with E-state index >= 15 is 0 Å². The standard InChI is InChI=1S/8C11H11N/c1-8-3-4-10-5-9(2)7-12-11(10)6-8;1-8-3-4-11-10(7-8)9(2)5-6-12-11;1-8-3-4-10-9(2)5-6-12-11(10)7-8;1-8-5-6-11-10(9(8)2)4-3-7-12-11;1-8-6-9(2)10-4-3-5-12-11(10)7-8;1-8-6-10-5-3-4-9(2)11(10)12-7-8;1-8-6-7-12-11-9(2)4-3-5-10(8)11;1-8-4-3-5-10-11(8)9(2)6-7-12-10/h8*3-7H,1-2H3. The van der Waals surface area contributed by atoms with Gasteiger partial charge in [0.2, 0.25) is 0 Å². The molecule has 0 saturated carbocycles. The molecule has 0 spiro atoms. The summed E-state index contributed by atoms with van der Waals surface area (Å²) in [5.74, 6) is 0. The Balaban J connectivity index is 0.000000129. The number of aryl methyl sites for hydroxylation is 16. The van der Waals surface area contributed by atoms with E-state index < -0.39 is 0 Å². The molecule has 0 aliphatic carbocycles. The molecule has 16 rings (SSSR count). The highest BCUT2D eigenvalue weighted by molar-refractivity contribution is 5.88. The molecule has 0 saturated heterocycles. The first-order valence-corrected chi connectivity index (χ1v) is 32.7. The van der Waals surface area contributed by atoms with Crippen LogP contribution in [0.25, 0.3) is 87.2 Å². The van der Waals surface area contributed by atoms with Gasteiger partial charge < -0.3 is 0 Å². The van der Waals surface area contributed by atoms with E-state index in [2.05, 4.69) is 308 Å². The second-order valence-corrected chi connectivity index (χ2v) is 25.1. The zero-order valence-electron chi connectivity index (χ0n) is 58.7. The molecule has 0 bridgehead atoms. The van der Waals surface area contributed by atoms with Crippen molar-refractivity contribution in [2.75, 3.05) is 0 Å². The van der Waals surface area contributed by atoms with Gasteiger partial charge in [-0.05, 0) is 285 Å². The van der Waals surface area contributed by atoms with Gasteiger partial charge in [-0.3, -0.25) is 39.9 Å². The Hall–Kier alpha value is -11.0. The van der Waals surface area contributed by atoms with Gasteiger partial charge in [0.1, 0.15) is 0 Å². The molecule has 0 N–H and O–H groups in total. The van der Waals surface area contributed by atoms with Crippen molar-refractivity contribution >= 4 is 87.2 Å². The van der Waals surface area contributed by atoms with E-state index in [-0.39, 0.29) is 0 Å². The molecule has 8 nitrogen and oxygen atoms in total. The first kappa shape index (κ1) is 69.4. The van der Waals surface area contributed by atoms with Crippen LogP contribution in [0.1, 0.15) is 89.0 Å². The molecular weight excluding hydrogens is 1170 g/mol. The van der Waals surface area contributed by atoms with Crippen molar-refractivity contribution in [2.45, 2.75) is 111 Å². The fourth-order valence-electron chi connectivity index (χ4n) is 11.6. The minimum absolute atomic E-state index is 1.08. The van der Waals surface area contributed by atoms with E-state index in [1.54, 1.807) is 0 Å². The lowest BCUT2D eigenvalue weighted by Gasteiger charge is -2.03. The molecule has 0 amide bonds. The summed E-state index contributed by atoms with van der Waals surface area (Å²) in [5, 5.41) is 10.0. The fourth-order valence-corrected chi connectivity index (χ4v) is 11.6. The molecule has 16 aromatic rings. The summed E-state index contributed by atoms with van der Waals surface area (Å²) < 4.78 is 0. The molecule has 96 heavy (non-hydrogen) atoms. The van der Waals surface area contributed by atoms with Gasteiger partial charge in [-0.2, -0.15) is 0 Å². The number of hydrogen-bond acceptors (Lipinski definition) is 8. The van der Waals surface area contributed by atoms with Crippen LogP contribution in [0.15, 0.2) is 244 Å². The van der Waals surface area contributed by atoms with Crippen LogP contribution in [-0.2, 0) is 0 Å². The number of pyridine rings is 8. The summed E-state index contributed by atoms with van der Waals surface area (Å²) in [4.78, 5) is 34.5. The van der Waals surface area contributed by atoms with Crippen LogP contribution in [0.4, 0.5) is 0 Å². The highest BCUT2D eigenvalue weighted by atomic mass is 14.7. The quantitative estimate of drug-likeness (QED) is 0.148. The third-order valence-corrected chi connectivity index (χ3v) is 17.0. The molecular formula is C88H88N8. The zero-order chi connectivity index (χ0) is 68.4. The van der Waals surface area contributed by atoms with Crippen LogP contribution >= 0.6 is 0 Å². The topological polar surface area (TPSA) is 103 Å². The van der Waals surface area contributed by atoms with Crippen molar-refractivity contribution in [2.24, 2.45) is 0 Å². The van der Waals surface area contributed by atoms with Crippen molar-refractivity contribution in [1.29, 1.82) is 0 Å². The molecule has 0 aliphatic rings. The van der Waals surface area contributed by atoms with Crippen LogP contribution in [0.3, 0.4) is 0 Å². The molecule has 0 radical (unpaired) electrons. The smallest absolute Gasteiger partial charge is 0.0733 e. The number of nitrogens with zero attached hydrogens (tertiary/aromatic N) is 8. The second kappa shape index (κ2) is 32.7. The zero-order valence-corrected chi connectivity index (χ0v) is 58.7. The molecule has 8 aromatic carbocycles. The van der Waals surface area contributed by atoms with Gasteiger partial charge in [0.05, 0.1) is 44.1 Å². The van der Waals surface area contributed by atoms with Gasteiger partial charge >= 0.3 is 0 Å². The third kappa shape index (κ3) is 18.2. The summed E-state index contributed by atoms with van der Waals surface area (Å²) in [6.07, 6.45) is 14.9. The molecule has 8 aromatic heterocycles. The lowest BCUT2D eigenvalue weighted by Crippen LogP contribution is -1.84. The summed E-state index contributed by atoms with van der Waals surface area (Å²) in [6.45, 7) is 33.6. The molecule has 0 fully saturated rings. The van der Waals surface area contributed by atoms with Crippen LogP contribution in [0.2, 0.25) is 0 Å². The Kier molecular flexibility index (Phi) is 23.7. The summed E-state index contributed by atoms with van der Waals surface area (Å²) >= 11 is 0. The van der Waals surface area contributed by atoms with Crippen LogP contribution in [0.5, 0.6) is 0 Å². The van der Waals surface area contributed by atoms with Crippen molar-refractivity contribution in [3.05, 3.63) is 333 Å². The third-order valence-electron chi connectivity index (χ3n) is 17.0. The van der Waals surface area contributed by atoms with Crippen LogP contribution in [0, 0.1) is 111 Å². The molecule has 0 aliphatic heterocycles. The maximum Gasteiger partial charge on any atom is 0.0733 e. The number of hydrogen-bond donors (Lipinski definition) is 0. The highest BCUT2D eigenvalue weighted by Gasteiger charge is 2.04.